The predicted octanol–water partition coefficient (Wildman–Crippen LogP) is -0.485. The highest BCUT2D eigenvalue weighted by atomic mass is 16.5. The van der Waals surface area contributed by atoms with E-state index in [1.807, 2.05) is 0 Å². The van der Waals surface area contributed by atoms with Crippen LogP contribution < -0.4 is 11.2 Å². The minimum Gasteiger partial charge on any atom is -0.394 e. The fraction of sp³-hybridized carbons (Fsp3) is 0.600. The molecule has 0 aliphatic carbocycles. The van der Waals surface area contributed by atoms with Crippen molar-refractivity contribution in [3.05, 3.63) is 32.6 Å². The summed E-state index contributed by atoms with van der Waals surface area (Å²) in [6.07, 6.45) is 2.26. The Bertz CT molecular complexity index is 490. The van der Waals surface area contributed by atoms with Crippen molar-refractivity contribution in [2.45, 2.75) is 32.1 Å². The van der Waals surface area contributed by atoms with Crippen LogP contribution in [0.4, 0.5) is 0 Å². The van der Waals surface area contributed by atoms with E-state index < -0.39 is 5.69 Å². The highest BCUT2D eigenvalue weighted by Gasteiger charge is 2.26. The van der Waals surface area contributed by atoms with E-state index >= 15 is 0 Å². The molecule has 0 bridgehead atoms. The molecule has 0 unspecified atom stereocenters. The molecule has 0 aromatic carbocycles. The van der Waals surface area contributed by atoms with Gasteiger partial charge in [-0.1, -0.05) is 0 Å². The molecule has 88 valence electrons. The van der Waals surface area contributed by atoms with Crippen LogP contribution >= 0.6 is 0 Å². The third-order valence-corrected chi connectivity index (χ3v) is 2.74. The van der Waals surface area contributed by atoms with Crippen molar-refractivity contribution >= 4 is 0 Å². The Balaban J connectivity index is 2.32. The van der Waals surface area contributed by atoms with Crippen molar-refractivity contribution in [3.63, 3.8) is 0 Å². The van der Waals surface area contributed by atoms with Gasteiger partial charge in [0.1, 0.15) is 6.23 Å². The summed E-state index contributed by atoms with van der Waals surface area (Å²) in [7, 11) is 0. The zero-order valence-corrected chi connectivity index (χ0v) is 8.97. The van der Waals surface area contributed by atoms with Crippen LogP contribution in [0.5, 0.6) is 0 Å². The number of aliphatic hydroxyl groups is 1. The second-order valence-electron chi connectivity index (χ2n) is 3.95. The highest BCUT2D eigenvalue weighted by molar-refractivity contribution is 5.01. The van der Waals surface area contributed by atoms with Gasteiger partial charge in [0.15, 0.2) is 0 Å². The lowest BCUT2D eigenvalue weighted by Gasteiger charge is -2.14. The molecule has 1 fully saturated rings. The molecule has 6 nitrogen and oxygen atoms in total. The van der Waals surface area contributed by atoms with Gasteiger partial charge in [-0.3, -0.25) is 14.3 Å². The average Bonchev–Trinajstić information content (AvgIpc) is 2.71. The Labute approximate surface area is 91.5 Å². The number of nitrogens with one attached hydrogen (secondary N) is 1. The summed E-state index contributed by atoms with van der Waals surface area (Å²) < 4.78 is 6.83. The van der Waals surface area contributed by atoms with Crippen LogP contribution in [-0.4, -0.2) is 27.4 Å². The molecule has 1 aliphatic rings. The Hall–Kier alpha value is -1.40. The SMILES string of the molecule is Cc1cn([C@H]2CC[C@H](CO)O2)c(=O)[nH]c1=O. The number of aromatic nitrogens is 2. The van der Waals surface area contributed by atoms with E-state index in [0.717, 1.165) is 0 Å². The van der Waals surface area contributed by atoms with E-state index in [1.54, 1.807) is 6.92 Å². The largest absolute Gasteiger partial charge is 0.394 e. The van der Waals surface area contributed by atoms with Crippen LogP contribution in [0, 0.1) is 6.92 Å². The maximum atomic E-state index is 11.5. The van der Waals surface area contributed by atoms with E-state index in [0.29, 0.717) is 18.4 Å². The van der Waals surface area contributed by atoms with Crippen LogP contribution in [0.25, 0.3) is 0 Å². The zero-order valence-electron chi connectivity index (χ0n) is 8.97. The first kappa shape index (κ1) is 11.1. The van der Waals surface area contributed by atoms with Gasteiger partial charge in [-0.15, -0.1) is 0 Å². The predicted molar refractivity (Wildman–Crippen MR) is 56.3 cm³/mol. The number of hydrogen-bond donors (Lipinski definition) is 2. The van der Waals surface area contributed by atoms with Crippen LogP contribution in [0.3, 0.4) is 0 Å². The lowest BCUT2D eigenvalue weighted by molar-refractivity contribution is -0.0247. The number of aliphatic hydroxyl groups excluding tert-OH is 1. The molecule has 2 atom stereocenters. The normalized spacial score (nSPS) is 24.9. The van der Waals surface area contributed by atoms with Crippen molar-refractivity contribution in [3.8, 4) is 0 Å². The molecule has 0 saturated carbocycles. The monoisotopic (exact) mass is 226 g/mol. The highest BCUT2D eigenvalue weighted by Crippen LogP contribution is 2.26. The molecular weight excluding hydrogens is 212 g/mol. The lowest BCUT2D eigenvalue weighted by Crippen LogP contribution is -2.33. The molecule has 1 aromatic heterocycles. The lowest BCUT2D eigenvalue weighted by atomic mass is 10.2. The van der Waals surface area contributed by atoms with Crippen LogP contribution in [0.2, 0.25) is 0 Å². The molecule has 1 aromatic rings. The first-order valence-corrected chi connectivity index (χ1v) is 5.20. The number of rotatable bonds is 2. The maximum absolute atomic E-state index is 11.5. The molecular formula is C10H14N2O4. The van der Waals surface area contributed by atoms with E-state index in [9.17, 15) is 9.59 Å². The topological polar surface area (TPSA) is 84.3 Å². The van der Waals surface area contributed by atoms with Crippen LogP contribution in [0.1, 0.15) is 24.6 Å². The number of aryl methyl sites for hydroxylation is 1. The van der Waals surface area contributed by atoms with Crippen LogP contribution in [-0.2, 0) is 4.74 Å². The summed E-state index contributed by atoms with van der Waals surface area (Å²) in [5.41, 5.74) is -0.382. The number of H-pyrrole nitrogens is 1. The number of nitrogens with zero attached hydrogens (tertiary/aromatic N) is 1. The van der Waals surface area contributed by atoms with Gasteiger partial charge in [-0.2, -0.15) is 0 Å². The summed E-state index contributed by atoms with van der Waals surface area (Å²) >= 11 is 0. The first-order chi connectivity index (χ1) is 7.61. The minimum atomic E-state index is -0.473. The third kappa shape index (κ3) is 1.94. The minimum absolute atomic E-state index is 0.0480. The molecule has 1 aliphatic heterocycles. The van der Waals surface area contributed by atoms with Gasteiger partial charge in [-0.25, -0.2) is 4.79 Å². The second kappa shape index (κ2) is 4.23. The summed E-state index contributed by atoms with van der Waals surface area (Å²) in [5.74, 6) is 0. The summed E-state index contributed by atoms with van der Waals surface area (Å²) in [4.78, 5) is 24.9. The van der Waals surface area contributed by atoms with Crippen molar-refractivity contribution in [2.75, 3.05) is 6.61 Å². The van der Waals surface area contributed by atoms with Gasteiger partial charge in [0.2, 0.25) is 0 Å². The van der Waals surface area contributed by atoms with E-state index in [2.05, 4.69) is 4.98 Å². The van der Waals surface area contributed by atoms with Gasteiger partial charge in [-0.05, 0) is 19.8 Å². The fourth-order valence-electron chi connectivity index (χ4n) is 1.83. The first-order valence-electron chi connectivity index (χ1n) is 5.20. The standard InChI is InChI=1S/C10H14N2O4/c1-6-4-12(10(15)11-9(6)14)8-3-2-7(5-13)16-8/h4,7-8,13H,2-3,5H2,1H3,(H,11,14,15)/t7-,8-/m1/s1. The molecule has 16 heavy (non-hydrogen) atoms. The zero-order chi connectivity index (χ0) is 11.7. The Kier molecular flexibility index (Phi) is 2.93. The van der Waals surface area contributed by atoms with Gasteiger partial charge >= 0.3 is 5.69 Å². The molecule has 2 rings (SSSR count). The molecule has 0 spiro atoms. The van der Waals surface area contributed by atoms with Crippen molar-refractivity contribution in [2.24, 2.45) is 0 Å². The van der Waals surface area contributed by atoms with E-state index in [4.69, 9.17) is 9.84 Å². The second-order valence-corrected chi connectivity index (χ2v) is 3.95. The van der Waals surface area contributed by atoms with Crippen molar-refractivity contribution in [1.82, 2.24) is 9.55 Å². The molecule has 1 saturated heterocycles. The van der Waals surface area contributed by atoms with E-state index in [1.165, 1.54) is 10.8 Å². The van der Waals surface area contributed by atoms with Crippen molar-refractivity contribution < 1.29 is 9.84 Å². The Morgan fingerprint density at radius 1 is 1.56 bits per heavy atom. The van der Waals surface area contributed by atoms with Crippen molar-refractivity contribution in [1.29, 1.82) is 0 Å². The summed E-state index contributed by atoms with van der Waals surface area (Å²) in [5, 5.41) is 8.93. The molecule has 0 radical (unpaired) electrons. The fourth-order valence-corrected chi connectivity index (χ4v) is 1.83. The Morgan fingerprint density at radius 2 is 2.31 bits per heavy atom. The average molecular weight is 226 g/mol. The van der Waals surface area contributed by atoms with E-state index in [-0.39, 0.29) is 24.5 Å². The third-order valence-electron chi connectivity index (χ3n) is 2.74. The smallest absolute Gasteiger partial charge is 0.330 e. The molecule has 2 N–H and O–H groups in total. The maximum Gasteiger partial charge on any atom is 0.330 e. The van der Waals surface area contributed by atoms with Gasteiger partial charge < -0.3 is 9.84 Å². The summed E-state index contributed by atoms with van der Waals surface area (Å²) in [6.45, 7) is 1.58. The number of aromatic amines is 1. The number of ether oxygens (including phenoxy) is 1. The van der Waals surface area contributed by atoms with Crippen LogP contribution in [0.15, 0.2) is 15.8 Å². The summed E-state index contributed by atoms with van der Waals surface area (Å²) in [6, 6.07) is 0. The molecule has 6 heteroatoms. The Morgan fingerprint density at radius 3 is 2.94 bits per heavy atom. The molecule has 2 heterocycles. The number of hydrogen-bond acceptors (Lipinski definition) is 4. The quantitative estimate of drug-likeness (QED) is 0.713. The molecule has 0 amide bonds. The van der Waals surface area contributed by atoms with Gasteiger partial charge in [0.05, 0.1) is 12.7 Å². The van der Waals surface area contributed by atoms with Gasteiger partial charge in [0, 0.05) is 11.8 Å². The van der Waals surface area contributed by atoms with Gasteiger partial charge in [0.25, 0.3) is 5.56 Å².